The van der Waals surface area contributed by atoms with E-state index in [1.54, 1.807) is 0 Å². The number of carboxylic acid groups (broad SMARTS) is 1. The van der Waals surface area contributed by atoms with Crippen LogP contribution >= 0.6 is 0 Å². The molecule has 0 atom stereocenters. The number of carbonyl (C=O) groups is 1. The van der Waals surface area contributed by atoms with E-state index >= 15 is 0 Å². The smallest absolute Gasteiger partial charge is 0.329 e. The molecule has 3 nitrogen and oxygen atoms in total. The van der Waals surface area contributed by atoms with Crippen LogP contribution in [0.1, 0.15) is 45.4 Å². The largest absolute Gasteiger partial charge is 0.480 e. The monoisotopic (exact) mass is 200 g/mol. The molecule has 0 bridgehead atoms. The van der Waals surface area contributed by atoms with E-state index in [0.717, 1.165) is 18.8 Å². The maximum Gasteiger partial charge on any atom is 0.329 e. The molecule has 0 saturated heterocycles. The molecule has 1 fully saturated rings. The van der Waals surface area contributed by atoms with Gasteiger partial charge in [0.2, 0.25) is 0 Å². The summed E-state index contributed by atoms with van der Waals surface area (Å²) in [7, 11) is 0. The highest BCUT2D eigenvalue weighted by Crippen LogP contribution is 2.33. The van der Waals surface area contributed by atoms with Crippen molar-refractivity contribution in [2.45, 2.75) is 51.6 Å². The predicted octanol–water partition coefficient (Wildman–Crippen LogP) is 2.45. The maximum absolute atomic E-state index is 10.2. The zero-order valence-corrected chi connectivity index (χ0v) is 8.87. The van der Waals surface area contributed by atoms with Gasteiger partial charge in [-0.2, -0.15) is 0 Å². The number of ether oxygens (including phenoxy) is 1. The molecule has 82 valence electrons. The molecule has 1 aliphatic carbocycles. The van der Waals surface area contributed by atoms with Gasteiger partial charge in [0.15, 0.2) is 0 Å². The zero-order valence-electron chi connectivity index (χ0n) is 8.87. The summed E-state index contributed by atoms with van der Waals surface area (Å²) in [6, 6.07) is 0. The van der Waals surface area contributed by atoms with Gasteiger partial charge in [0.05, 0.1) is 6.10 Å². The van der Waals surface area contributed by atoms with Crippen LogP contribution in [0.3, 0.4) is 0 Å². The number of unbranched alkanes of at least 4 members (excludes halogenated alkanes) is 2. The summed E-state index contributed by atoms with van der Waals surface area (Å²) in [5.41, 5.74) is 0. The maximum atomic E-state index is 10.2. The van der Waals surface area contributed by atoms with Crippen LogP contribution in [-0.4, -0.2) is 23.8 Å². The van der Waals surface area contributed by atoms with Crippen LogP contribution in [0.4, 0.5) is 0 Å². The fourth-order valence-corrected chi connectivity index (χ4v) is 1.92. The first-order valence-electron chi connectivity index (χ1n) is 5.55. The molecular weight excluding hydrogens is 180 g/mol. The Morgan fingerprint density at radius 3 is 2.71 bits per heavy atom. The van der Waals surface area contributed by atoms with Crippen LogP contribution in [0.2, 0.25) is 0 Å². The lowest BCUT2D eigenvalue weighted by atomic mass is 9.79. The standard InChI is InChI=1S/C11H20O3/c1-2-3-4-5-9-6-10(7-9)14-8-11(12)13/h9-10H,2-8H2,1H3,(H,12,13)/t9-,10+. The highest BCUT2D eigenvalue weighted by atomic mass is 16.5. The van der Waals surface area contributed by atoms with Gasteiger partial charge < -0.3 is 9.84 Å². The van der Waals surface area contributed by atoms with Crippen molar-refractivity contribution in [2.24, 2.45) is 5.92 Å². The van der Waals surface area contributed by atoms with Crippen LogP contribution in [0.15, 0.2) is 0 Å². The van der Waals surface area contributed by atoms with Crippen molar-refractivity contribution in [3.8, 4) is 0 Å². The molecule has 0 aromatic heterocycles. The molecule has 0 aromatic carbocycles. The quantitative estimate of drug-likeness (QED) is 0.642. The Hall–Kier alpha value is -0.570. The lowest BCUT2D eigenvalue weighted by molar-refractivity contribution is -0.147. The average molecular weight is 200 g/mol. The summed E-state index contributed by atoms with van der Waals surface area (Å²) in [4.78, 5) is 10.2. The predicted molar refractivity (Wildman–Crippen MR) is 54.2 cm³/mol. The minimum Gasteiger partial charge on any atom is -0.480 e. The van der Waals surface area contributed by atoms with Crippen LogP contribution in [-0.2, 0) is 9.53 Å². The average Bonchev–Trinajstić information content (AvgIpc) is 2.07. The molecule has 0 spiro atoms. The highest BCUT2D eigenvalue weighted by Gasteiger charge is 2.29. The summed E-state index contributed by atoms with van der Waals surface area (Å²) in [5, 5.41) is 8.40. The molecule has 1 rings (SSSR count). The van der Waals surface area contributed by atoms with Gasteiger partial charge in [-0.3, -0.25) is 0 Å². The molecule has 0 amide bonds. The van der Waals surface area contributed by atoms with E-state index in [9.17, 15) is 4.79 Å². The molecule has 0 aliphatic heterocycles. The fourth-order valence-electron chi connectivity index (χ4n) is 1.92. The van der Waals surface area contributed by atoms with Crippen LogP contribution in [0.5, 0.6) is 0 Å². The molecule has 0 heterocycles. The summed E-state index contributed by atoms with van der Waals surface area (Å²) in [6.07, 6.45) is 7.54. The van der Waals surface area contributed by atoms with Crippen molar-refractivity contribution in [3.63, 3.8) is 0 Å². The molecule has 0 radical (unpaired) electrons. The summed E-state index contributed by atoms with van der Waals surface area (Å²) < 4.78 is 5.18. The van der Waals surface area contributed by atoms with E-state index in [1.807, 2.05) is 0 Å². The summed E-state index contributed by atoms with van der Waals surface area (Å²) >= 11 is 0. The van der Waals surface area contributed by atoms with Gasteiger partial charge in [0.1, 0.15) is 6.61 Å². The first-order valence-corrected chi connectivity index (χ1v) is 5.55. The Labute approximate surface area is 85.5 Å². The SMILES string of the molecule is CCCCC[C@H]1C[C@@H](OCC(=O)O)C1. The van der Waals surface area contributed by atoms with Crippen molar-refractivity contribution >= 4 is 5.97 Å². The van der Waals surface area contributed by atoms with E-state index < -0.39 is 5.97 Å². The zero-order chi connectivity index (χ0) is 10.4. The van der Waals surface area contributed by atoms with Crippen molar-refractivity contribution in [2.75, 3.05) is 6.61 Å². The van der Waals surface area contributed by atoms with Crippen LogP contribution < -0.4 is 0 Å². The van der Waals surface area contributed by atoms with Crippen molar-refractivity contribution in [3.05, 3.63) is 0 Å². The second kappa shape index (κ2) is 6.02. The van der Waals surface area contributed by atoms with Crippen molar-refractivity contribution < 1.29 is 14.6 Å². The molecular formula is C11H20O3. The number of carboxylic acids is 1. The van der Waals surface area contributed by atoms with E-state index in [1.165, 1.54) is 25.7 Å². The second-order valence-electron chi connectivity index (χ2n) is 4.16. The third kappa shape index (κ3) is 4.09. The van der Waals surface area contributed by atoms with Gasteiger partial charge >= 0.3 is 5.97 Å². The first kappa shape index (κ1) is 11.5. The number of rotatable bonds is 7. The minimum absolute atomic E-state index is 0.133. The minimum atomic E-state index is -0.862. The van der Waals surface area contributed by atoms with Gasteiger partial charge in [0, 0.05) is 0 Å². The Morgan fingerprint density at radius 1 is 1.43 bits per heavy atom. The topological polar surface area (TPSA) is 46.5 Å². The molecule has 1 N–H and O–H groups in total. The molecule has 3 heteroatoms. The fraction of sp³-hybridized carbons (Fsp3) is 0.909. The summed E-state index contributed by atoms with van der Waals surface area (Å²) in [6.45, 7) is 2.08. The van der Waals surface area contributed by atoms with Gasteiger partial charge in [-0.1, -0.05) is 32.6 Å². The molecule has 0 unspecified atom stereocenters. The number of aliphatic carboxylic acids is 1. The number of hydrogen-bond donors (Lipinski definition) is 1. The summed E-state index contributed by atoms with van der Waals surface area (Å²) in [5.74, 6) is -0.0697. The van der Waals surface area contributed by atoms with Crippen molar-refractivity contribution in [1.29, 1.82) is 0 Å². The van der Waals surface area contributed by atoms with Crippen LogP contribution in [0, 0.1) is 5.92 Å². The Balaban J connectivity index is 1.92. The molecule has 1 aliphatic rings. The van der Waals surface area contributed by atoms with E-state index in [4.69, 9.17) is 9.84 Å². The Morgan fingerprint density at radius 2 is 2.14 bits per heavy atom. The van der Waals surface area contributed by atoms with Crippen molar-refractivity contribution in [1.82, 2.24) is 0 Å². The van der Waals surface area contributed by atoms with Gasteiger partial charge in [0.25, 0.3) is 0 Å². The Kier molecular flexibility index (Phi) is 4.94. The third-order valence-corrected chi connectivity index (χ3v) is 2.85. The Bertz CT molecular complexity index is 173. The molecule has 0 aromatic rings. The second-order valence-corrected chi connectivity index (χ2v) is 4.16. The third-order valence-electron chi connectivity index (χ3n) is 2.85. The van der Waals surface area contributed by atoms with Crippen LogP contribution in [0.25, 0.3) is 0 Å². The van der Waals surface area contributed by atoms with Gasteiger partial charge in [-0.15, -0.1) is 0 Å². The normalized spacial score (nSPS) is 25.8. The first-order chi connectivity index (χ1) is 6.72. The lowest BCUT2D eigenvalue weighted by Crippen LogP contribution is -2.32. The van der Waals surface area contributed by atoms with Gasteiger partial charge in [-0.25, -0.2) is 4.79 Å². The highest BCUT2D eigenvalue weighted by molar-refractivity contribution is 5.68. The van der Waals surface area contributed by atoms with E-state index in [2.05, 4.69) is 6.92 Å². The van der Waals surface area contributed by atoms with E-state index in [0.29, 0.717) is 0 Å². The molecule has 1 saturated carbocycles. The van der Waals surface area contributed by atoms with E-state index in [-0.39, 0.29) is 12.7 Å². The van der Waals surface area contributed by atoms with Gasteiger partial charge in [-0.05, 0) is 18.8 Å². The number of hydrogen-bond acceptors (Lipinski definition) is 2. The lowest BCUT2D eigenvalue weighted by Gasteiger charge is -2.34. The molecule has 14 heavy (non-hydrogen) atoms.